The van der Waals surface area contributed by atoms with Gasteiger partial charge in [-0.3, -0.25) is 8.98 Å². The van der Waals surface area contributed by atoms with E-state index < -0.39 is 22.2 Å². The van der Waals surface area contributed by atoms with Crippen LogP contribution in [-0.4, -0.2) is 39.2 Å². The summed E-state index contributed by atoms with van der Waals surface area (Å²) in [5, 5.41) is 0. The lowest BCUT2D eigenvalue weighted by Gasteiger charge is -2.14. The molecular formula is C8H15ClO5S. The number of rotatable bonds is 7. The fourth-order valence-corrected chi connectivity index (χ4v) is 1.31. The summed E-state index contributed by atoms with van der Waals surface area (Å²) in [6.45, 7) is 1.60. The largest absolute Gasteiger partial charge is 0.459 e. The average molecular weight is 259 g/mol. The topological polar surface area (TPSA) is 69.7 Å². The molecule has 0 fully saturated rings. The van der Waals surface area contributed by atoms with Gasteiger partial charge in [0.25, 0.3) is 10.1 Å². The van der Waals surface area contributed by atoms with E-state index in [0.717, 1.165) is 6.26 Å². The highest BCUT2D eigenvalue weighted by Crippen LogP contribution is 2.02. The molecule has 15 heavy (non-hydrogen) atoms. The van der Waals surface area contributed by atoms with Crippen LogP contribution in [0.2, 0.25) is 0 Å². The maximum Gasteiger partial charge on any atom is 0.306 e. The van der Waals surface area contributed by atoms with Gasteiger partial charge in [0, 0.05) is 6.42 Å². The van der Waals surface area contributed by atoms with Crippen LogP contribution in [0.25, 0.3) is 0 Å². The highest BCUT2D eigenvalue weighted by molar-refractivity contribution is 7.85. The van der Waals surface area contributed by atoms with Crippen molar-refractivity contribution in [3.8, 4) is 0 Å². The van der Waals surface area contributed by atoms with Gasteiger partial charge in [-0.15, -0.1) is 11.6 Å². The lowest BCUT2D eigenvalue weighted by atomic mass is 10.3. The minimum atomic E-state index is -3.53. The smallest absolute Gasteiger partial charge is 0.306 e. The van der Waals surface area contributed by atoms with Crippen LogP contribution in [0.4, 0.5) is 0 Å². The summed E-state index contributed by atoms with van der Waals surface area (Å²) in [6, 6.07) is 0. The molecule has 0 rings (SSSR count). The monoisotopic (exact) mass is 258 g/mol. The van der Waals surface area contributed by atoms with Gasteiger partial charge < -0.3 is 4.74 Å². The van der Waals surface area contributed by atoms with Crippen LogP contribution in [0.3, 0.4) is 0 Å². The number of ether oxygens (including phenoxy) is 1. The van der Waals surface area contributed by atoms with E-state index in [9.17, 15) is 13.2 Å². The van der Waals surface area contributed by atoms with Gasteiger partial charge in [-0.1, -0.05) is 6.92 Å². The summed E-state index contributed by atoms with van der Waals surface area (Å²) in [6.07, 6.45) is 1.15. The Morgan fingerprint density at radius 3 is 2.47 bits per heavy atom. The maximum absolute atomic E-state index is 11.1. The Balaban J connectivity index is 3.98. The van der Waals surface area contributed by atoms with Crippen molar-refractivity contribution in [1.82, 2.24) is 0 Å². The summed E-state index contributed by atoms with van der Waals surface area (Å²) in [4.78, 5) is 11.1. The second kappa shape index (κ2) is 7.03. The molecule has 90 valence electrons. The molecule has 0 saturated carbocycles. The zero-order chi connectivity index (χ0) is 11.9. The summed E-state index contributed by atoms with van der Waals surface area (Å²) in [5.41, 5.74) is 0. The molecule has 0 radical (unpaired) electrons. The van der Waals surface area contributed by atoms with Gasteiger partial charge in [0.1, 0.15) is 12.7 Å². The Hall–Kier alpha value is -0.330. The quantitative estimate of drug-likeness (QED) is 0.386. The average Bonchev–Trinajstić information content (AvgIpc) is 2.11. The predicted octanol–water partition coefficient (Wildman–Crippen LogP) is 0.913. The fraction of sp³-hybridized carbons (Fsp3) is 0.875. The number of alkyl halides is 1. The Labute approximate surface area is 94.8 Å². The van der Waals surface area contributed by atoms with Crippen molar-refractivity contribution in [3.63, 3.8) is 0 Å². The van der Waals surface area contributed by atoms with Gasteiger partial charge in [-0.25, -0.2) is 0 Å². The van der Waals surface area contributed by atoms with Crippen LogP contribution in [0.1, 0.15) is 19.8 Å². The van der Waals surface area contributed by atoms with Crippen molar-refractivity contribution >= 4 is 27.7 Å². The first-order valence-electron chi connectivity index (χ1n) is 4.49. The third-order valence-electron chi connectivity index (χ3n) is 1.39. The molecule has 0 saturated heterocycles. The first kappa shape index (κ1) is 14.7. The van der Waals surface area contributed by atoms with E-state index in [-0.39, 0.29) is 18.9 Å². The molecule has 0 bridgehead atoms. The van der Waals surface area contributed by atoms with Crippen LogP contribution >= 0.6 is 11.6 Å². The predicted molar refractivity (Wildman–Crippen MR) is 56.3 cm³/mol. The first-order valence-corrected chi connectivity index (χ1v) is 6.84. The van der Waals surface area contributed by atoms with E-state index in [0.29, 0.717) is 6.42 Å². The number of carbonyl (C=O) groups excluding carboxylic acids is 1. The third kappa shape index (κ3) is 8.65. The van der Waals surface area contributed by atoms with Gasteiger partial charge in [-0.2, -0.15) is 8.42 Å². The minimum Gasteiger partial charge on any atom is -0.459 e. The normalized spacial score (nSPS) is 13.5. The second-order valence-electron chi connectivity index (χ2n) is 3.00. The number of carbonyl (C=O) groups is 1. The lowest BCUT2D eigenvalue weighted by molar-refractivity contribution is -0.149. The van der Waals surface area contributed by atoms with E-state index in [4.69, 9.17) is 16.3 Å². The van der Waals surface area contributed by atoms with Crippen molar-refractivity contribution in [3.05, 3.63) is 0 Å². The van der Waals surface area contributed by atoms with E-state index in [2.05, 4.69) is 4.18 Å². The van der Waals surface area contributed by atoms with Gasteiger partial charge in [-0.05, 0) is 6.42 Å². The lowest BCUT2D eigenvalue weighted by Crippen LogP contribution is -2.26. The van der Waals surface area contributed by atoms with Crippen molar-refractivity contribution in [2.24, 2.45) is 0 Å². The number of esters is 1. The number of hydrogen-bond donors (Lipinski definition) is 0. The Morgan fingerprint density at radius 1 is 1.47 bits per heavy atom. The van der Waals surface area contributed by atoms with Crippen LogP contribution < -0.4 is 0 Å². The molecule has 0 aromatic rings. The molecule has 0 aliphatic rings. The molecule has 0 aliphatic heterocycles. The molecule has 0 amide bonds. The zero-order valence-corrected chi connectivity index (χ0v) is 10.3. The molecule has 5 nitrogen and oxygen atoms in total. The molecule has 1 atom stereocenters. The summed E-state index contributed by atoms with van der Waals surface area (Å²) < 4.78 is 30.7. The summed E-state index contributed by atoms with van der Waals surface area (Å²) in [5.74, 6) is -0.398. The van der Waals surface area contributed by atoms with Gasteiger partial charge in [0.05, 0.1) is 12.1 Å². The van der Waals surface area contributed by atoms with Crippen molar-refractivity contribution in [1.29, 1.82) is 0 Å². The van der Waals surface area contributed by atoms with E-state index >= 15 is 0 Å². The Kier molecular flexibility index (Phi) is 6.87. The van der Waals surface area contributed by atoms with Crippen LogP contribution in [0, 0.1) is 0 Å². The highest BCUT2D eigenvalue weighted by atomic mass is 35.5. The van der Waals surface area contributed by atoms with Gasteiger partial charge >= 0.3 is 5.97 Å². The van der Waals surface area contributed by atoms with Crippen molar-refractivity contribution < 1.29 is 22.1 Å². The Morgan fingerprint density at radius 2 is 2.07 bits per heavy atom. The third-order valence-corrected chi connectivity index (χ3v) is 2.30. The van der Waals surface area contributed by atoms with Crippen molar-refractivity contribution in [2.75, 3.05) is 18.7 Å². The number of halogens is 1. The minimum absolute atomic E-state index is 0.00493. The maximum atomic E-state index is 11.1. The van der Waals surface area contributed by atoms with Crippen LogP contribution in [0.5, 0.6) is 0 Å². The van der Waals surface area contributed by atoms with Crippen LogP contribution in [0.15, 0.2) is 0 Å². The zero-order valence-electron chi connectivity index (χ0n) is 8.73. The summed E-state index contributed by atoms with van der Waals surface area (Å²) in [7, 11) is -3.53. The summed E-state index contributed by atoms with van der Waals surface area (Å²) >= 11 is 5.49. The molecule has 0 aromatic heterocycles. The van der Waals surface area contributed by atoms with E-state index in [1.165, 1.54) is 0 Å². The van der Waals surface area contributed by atoms with Crippen LogP contribution in [-0.2, 0) is 23.8 Å². The van der Waals surface area contributed by atoms with Gasteiger partial charge in [0.2, 0.25) is 0 Å². The highest BCUT2D eigenvalue weighted by Gasteiger charge is 2.15. The first-order chi connectivity index (χ1) is 6.89. The molecule has 0 spiro atoms. The molecule has 7 heteroatoms. The molecule has 0 heterocycles. The van der Waals surface area contributed by atoms with E-state index in [1.54, 1.807) is 0 Å². The number of hydrogen-bond acceptors (Lipinski definition) is 5. The molecule has 0 unspecified atom stereocenters. The molecule has 0 N–H and O–H groups in total. The Bertz CT molecular complexity index is 287. The SMILES string of the molecule is CCCC(=O)O[C@@H](CCl)COS(C)(=O)=O. The fourth-order valence-electron chi connectivity index (χ4n) is 0.758. The van der Waals surface area contributed by atoms with E-state index in [1.807, 2.05) is 6.92 Å². The molecular weight excluding hydrogens is 244 g/mol. The standard InChI is InChI=1S/C8H15ClO5S/c1-3-4-8(10)14-7(5-9)6-13-15(2,11)12/h7H,3-6H2,1-2H3/t7-/m0/s1. The molecule has 0 aromatic carbocycles. The molecule has 0 aliphatic carbocycles. The van der Waals surface area contributed by atoms with Gasteiger partial charge in [0.15, 0.2) is 0 Å². The van der Waals surface area contributed by atoms with Crippen molar-refractivity contribution in [2.45, 2.75) is 25.9 Å². The second-order valence-corrected chi connectivity index (χ2v) is 4.96.